The SMILES string of the molecule is COC(=O)/C=C(/Nc1ccc(C)cc1Br)C(=O)OC. The number of carbonyl (C=O) groups is 2. The lowest BCUT2D eigenvalue weighted by atomic mass is 10.2. The van der Waals surface area contributed by atoms with Gasteiger partial charge in [0.1, 0.15) is 5.70 Å². The van der Waals surface area contributed by atoms with Crippen LogP contribution in [0.5, 0.6) is 0 Å². The van der Waals surface area contributed by atoms with E-state index in [1.165, 1.54) is 14.2 Å². The molecule has 6 heteroatoms. The Bertz CT molecular complexity index is 525. The highest BCUT2D eigenvalue weighted by molar-refractivity contribution is 9.10. The molecular weight excluding hydrogens is 314 g/mol. The number of halogens is 1. The van der Waals surface area contributed by atoms with Crippen LogP contribution in [0, 0.1) is 6.92 Å². The zero-order chi connectivity index (χ0) is 14.4. The minimum absolute atomic E-state index is 0.00102. The van der Waals surface area contributed by atoms with Gasteiger partial charge in [-0.25, -0.2) is 9.59 Å². The van der Waals surface area contributed by atoms with Crippen molar-refractivity contribution >= 4 is 33.6 Å². The number of esters is 2. The zero-order valence-electron chi connectivity index (χ0n) is 10.8. The quantitative estimate of drug-likeness (QED) is 0.679. The fraction of sp³-hybridized carbons (Fsp3) is 0.231. The summed E-state index contributed by atoms with van der Waals surface area (Å²) in [5, 5.41) is 2.83. The number of nitrogens with one attached hydrogen (secondary N) is 1. The molecule has 1 rings (SSSR count). The van der Waals surface area contributed by atoms with Gasteiger partial charge in [-0.05, 0) is 40.5 Å². The highest BCUT2D eigenvalue weighted by atomic mass is 79.9. The fourth-order valence-corrected chi connectivity index (χ4v) is 1.89. The number of ether oxygens (including phenoxy) is 2. The molecule has 1 N–H and O–H groups in total. The molecule has 0 unspecified atom stereocenters. The van der Waals surface area contributed by atoms with Gasteiger partial charge in [0, 0.05) is 4.47 Å². The third-order valence-electron chi connectivity index (χ3n) is 2.26. The van der Waals surface area contributed by atoms with E-state index in [4.69, 9.17) is 0 Å². The molecule has 0 aliphatic carbocycles. The van der Waals surface area contributed by atoms with Crippen LogP contribution in [0.4, 0.5) is 5.69 Å². The van der Waals surface area contributed by atoms with Crippen LogP contribution in [-0.2, 0) is 19.1 Å². The predicted molar refractivity (Wildman–Crippen MR) is 74.6 cm³/mol. The standard InChI is InChI=1S/C13H14BrNO4/c1-8-4-5-10(9(14)6-8)15-11(13(17)19-3)7-12(16)18-2/h4-7,15H,1-3H3/b11-7+. The first-order chi connectivity index (χ1) is 8.97. The lowest BCUT2D eigenvalue weighted by molar-refractivity contribution is -0.138. The molecule has 0 aliphatic rings. The molecule has 0 saturated heterocycles. The van der Waals surface area contributed by atoms with Crippen molar-refractivity contribution in [1.29, 1.82) is 0 Å². The van der Waals surface area contributed by atoms with Crippen molar-refractivity contribution in [3.8, 4) is 0 Å². The van der Waals surface area contributed by atoms with Crippen molar-refractivity contribution in [3.63, 3.8) is 0 Å². The molecular formula is C13H14BrNO4. The first-order valence-electron chi connectivity index (χ1n) is 5.39. The maximum atomic E-state index is 11.6. The molecule has 102 valence electrons. The minimum Gasteiger partial charge on any atom is -0.466 e. The van der Waals surface area contributed by atoms with Gasteiger partial charge < -0.3 is 14.8 Å². The minimum atomic E-state index is -0.655. The Morgan fingerprint density at radius 1 is 1.26 bits per heavy atom. The van der Waals surface area contributed by atoms with Gasteiger partial charge >= 0.3 is 11.9 Å². The van der Waals surface area contributed by atoms with Crippen LogP contribution in [0.3, 0.4) is 0 Å². The van der Waals surface area contributed by atoms with E-state index < -0.39 is 11.9 Å². The van der Waals surface area contributed by atoms with Crippen LogP contribution in [0.1, 0.15) is 5.56 Å². The Kier molecular flexibility index (Phi) is 5.57. The monoisotopic (exact) mass is 327 g/mol. The molecule has 0 saturated carbocycles. The summed E-state index contributed by atoms with van der Waals surface area (Å²) >= 11 is 3.37. The lowest BCUT2D eigenvalue weighted by Gasteiger charge is -2.11. The van der Waals surface area contributed by atoms with Gasteiger partial charge in [0.25, 0.3) is 0 Å². The summed E-state index contributed by atoms with van der Waals surface area (Å²) in [5.74, 6) is -1.30. The van der Waals surface area contributed by atoms with Gasteiger partial charge in [-0.15, -0.1) is 0 Å². The Labute approximate surface area is 119 Å². The largest absolute Gasteiger partial charge is 0.466 e. The third-order valence-corrected chi connectivity index (χ3v) is 2.92. The van der Waals surface area contributed by atoms with E-state index in [1.54, 1.807) is 6.07 Å². The van der Waals surface area contributed by atoms with Crippen LogP contribution in [-0.4, -0.2) is 26.2 Å². The summed E-state index contributed by atoms with van der Waals surface area (Å²) in [5.41, 5.74) is 1.71. The predicted octanol–water partition coefficient (Wildman–Crippen LogP) is 2.40. The van der Waals surface area contributed by atoms with E-state index in [0.29, 0.717) is 5.69 Å². The molecule has 19 heavy (non-hydrogen) atoms. The fourth-order valence-electron chi connectivity index (χ4n) is 1.30. The van der Waals surface area contributed by atoms with Gasteiger partial charge in [0.15, 0.2) is 0 Å². The van der Waals surface area contributed by atoms with Gasteiger partial charge in [-0.1, -0.05) is 6.07 Å². The summed E-state index contributed by atoms with van der Waals surface area (Å²) in [6, 6.07) is 5.54. The van der Waals surface area contributed by atoms with E-state index in [-0.39, 0.29) is 5.70 Å². The van der Waals surface area contributed by atoms with Crippen LogP contribution in [0.25, 0.3) is 0 Å². The van der Waals surface area contributed by atoms with Crippen LogP contribution < -0.4 is 5.32 Å². The van der Waals surface area contributed by atoms with Crippen LogP contribution in [0.15, 0.2) is 34.4 Å². The van der Waals surface area contributed by atoms with Gasteiger partial charge in [0.05, 0.1) is 26.0 Å². The van der Waals surface area contributed by atoms with Crippen molar-refractivity contribution in [2.45, 2.75) is 6.92 Å². The molecule has 0 atom stereocenters. The first-order valence-corrected chi connectivity index (χ1v) is 6.18. The number of rotatable bonds is 4. The normalized spacial score (nSPS) is 10.8. The second-order valence-electron chi connectivity index (χ2n) is 3.68. The summed E-state index contributed by atoms with van der Waals surface area (Å²) in [6.45, 7) is 1.94. The Balaban J connectivity index is 3.04. The van der Waals surface area contributed by atoms with Crippen LogP contribution in [0.2, 0.25) is 0 Å². The van der Waals surface area contributed by atoms with E-state index in [2.05, 4.69) is 30.7 Å². The number of hydrogen-bond acceptors (Lipinski definition) is 5. The smallest absolute Gasteiger partial charge is 0.354 e. The number of methoxy groups -OCH3 is 2. The molecule has 1 aromatic rings. The second-order valence-corrected chi connectivity index (χ2v) is 4.54. The average molecular weight is 328 g/mol. The molecule has 0 aliphatic heterocycles. The van der Waals surface area contributed by atoms with Crippen molar-refractivity contribution in [1.82, 2.24) is 0 Å². The van der Waals surface area contributed by atoms with Crippen LogP contribution >= 0.6 is 15.9 Å². The number of anilines is 1. The number of hydrogen-bond donors (Lipinski definition) is 1. The molecule has 5 nitrogen and oxygen atoms in total. The average Bonchev–Trinajstić information content (AvgIpc) is 2.39. The highest BCUT2D eigenvalue weighted by Crippen LogP contribution is 2.24. The maximum absolute atomic E-state index is 11.6. The van der Waals surface area contributed by atoms with E-state index in [9.17, 15) is 9.59 Å². The van der Waals surface area contributed by atoms with E-state index in [0.717, 1.165) is 16.1 Å². The van der Waals surface area contributed by atoms with Crippen molar-refractivity contribution in [2.75, 3.05) is 19.5 Å². The summed E-state index contributed by atoms with van der Waals surface area (Å²) < 4.78 is 9.86. The highest BCUT2D eigenvalue weighted by Gasteiger charge is 2.13. The topological polar surface area (TPSA) is 64.6 Å². The molecule has 0 spiro atoms. The molecule has 0 fully saturated rings. The molecule has 0 aromatic heterocycles. The zero-order valence-corrected chi connectivity index (χ0v) is 12.4. The number of carbonyl (C=O) groups excluding carboxylic acids is 2. The summed E-state index contributed by atoms with van der Waals surface area (Å²) in [7, 11) is 2.47. The van der Waals surface area contributed by atoms with E-state index in [1.807, 2.05) is 19.1 Å². The maximum Gasteiger partial charge on any atom is 0.354 e. The number of aryl methyl sites for hydroxylation is 1. The Hall–Kier alpha value is -1.82. The molecule has 0 heterocycles. The second kappa shape index (κ2) is 6.94. The summed E-state index contributed by atoms with van der Waals surface area (Å²) in [6.07, 6.45) is 1.04. The number of benzene rings is 1. The third kappa shape index (κ3) is 4.40. The van der Waals surface area contributed by atoms with Gasteiger partial charge in [0.2, 0.25) is 0 Å². The van der Waals surface area contributed by atoms with Crippen molar-refractivity contribution in [2.24, 2.45) is 0 Å². The molecule has 0 radical (unpaired) electrons. The molecule has 1 aromatic carbocycles. The molecule has 0 amide bonds. The summed E-state index contributed by atoms with van der Waals surface area (Å²) in [4.78, 5) is 22.8. The van der Waals surface area contributed by atoms with E-state index >= 15 is 0 Å². The Morgan fingerprint density at radius 3 is 2.47 bits per heavy atom. The van der Waals surface area contributed by atoms with Gasteiger partial charge in [-0.2, -0.15) is 0 Å². The van der Waals surface area contributed by atoms with Crippen molar-refractivity contribution < 1.29 is 19.1 Å². The lowest BCUT2D eigenvalue weighted by Crippen LogP contribution is -2.15. The Morgan fingerprint density at radius 2 is 1.95 bits per heavy atom. The first kappa shape index (κ1) is 15.2. The van der Waals surface area contributed by atoms with Gasteiger partial charge in [-0.3, -0.25) is 0 Å². The molecule has 0 bridgehead atoms. The van der Waals surface area contributed by atoms with Crippen molar-refractivity contribution in [3.05, 3.63) is 40.0 Å².